The number of hydrogen-bond donors (Lipinski definition) is 1. The molecule has 2 nitrogen and oxygen atoms in total. The van der Waals surface area contributed by atoms with Gasteiger partial charge in [-0.3, -0.25) is 0 Å². The number of hydrogen-bond acceptors (Lipinski definition) is 2. The molecular formula is C14H21NO. The Hall–Kier alpha value is -1.02. The zero-order valence-corrected chi connectivity index (χ0v) is 10.0. The van der Waals surface area contributed by atoms with Gasteiger partial charge >= 0.3 is 0 Å². The Morgan fingerprint density at radius 1 is 1.31 bits per heavy atom. The van der Waals surface area contributed by atoms with Crippen LogP contribution in [0.25, 0.3) is 0 Å². The van der Waals surface area contributed by atoms with Gasteiger partial charge in [0.1, 0.15) is 5.75 Å². The molecule has 1 heterocycles. The predicted octanol–water partition coefficient (Wildman–Crippen LogP) is 2.77. The van der Waals surface area contributed by atoms with E-state index in [4.69, 9.17) is 4.74 Å². The van der Waals surface area contributed by atoms with Gasteiger partial charge < -0.3 is 10.1 Å². The van der Waals surface area contributed by atoms with Crippen LogP contribution in [0.2, 0.25) is 0 Å². The van der Waals surface area contributed by atoms with E-state index >= 15 is 0 Å². The summed E-state index contributed by atoms with van der Waals surface area (Å²) in [4.78, 5) is 0. The fourth-order valence-electron chi connectivity index (χ4n) is 2.41. The first-order valence-corrected chi connectivity index (χ1v) is 6.25. The normalized spacial score (nSPS) is 20.7. The van der Waals surface area contributed by atoms with Crippen molar-refractivity contribution in [2.45, 2.75) is 38.1 Å². The van der Waals surface area contributed by atoms with Crippen LogP contribution >= 0.6 is 0 Å². The number of ether oxygens (including phenoxy) is 1. The standard InChI is InChI=1S/C14H21NO/c1-16-14-8-3-2-6-12(14)9-10-13-7-4-5-11-15-13/h2-3,6,8,13,15H,4-5,7,9-11H2,1H3/t13-/m0/s1. The summed E-state index contributed by atoms with van der Waals surface area (Å²) in [6.07, 6.45) is 6.38. The Kier molecular flexibility index (Phi) is 4.23. The van der Waals surface area contributed by atoms with Gasteiger partial charge in [0.25, 0.3) is 0 Å². The van der Waals surface area contributed by atoms with Gasteiger partial charge in [0.15, 0.2) is 0 Å². The van der Waals surface area contributed by atoms with Gasteiger partial charge in [-0.05, 0) is 43.9 Å². The molecule has 0 amide bonds. The number of benzene rings is 1. The minimum absolute atomic E-state index is 0.707. The van der Waals surface area contributed by atoms with Crippen molar-refractivity contribution in [3.05, 3.63) is 29.8 Å². The van der Waals surface area contributed by atoms with Crippen molar-refractivity contribution < 1.29 is 4.74 Å². The summed E-state index contributed by atoms with van der Waals surface area (Å²) in [5, 5.41) is 3.59. The Morgan fingerprint density at radius 2 is 2.19 bits per heavy atom. The molecule has 0 bridgehead atoms. The molecule has 0 spiro atoms. The van der Waals surface area contributed by atoms with Gasteiger partial charge in [0.05, 0.1) is 7.11 Å². The third-order valence-electron chi connectivity index (χ3n) is 3.37. The van der Waals surface area contributed by atoms with Crippen LogP contribution < -0.4 is 10.1 Å². The molecule has 2 rings (SSSR count). The molecule has 1 atom stereocenters. The van der Waals surface area contributed by atoms with E-state index in [1.807, 2.05) is 12.1 Å². The first-order valence-electron chi connectivity index (χ1n) is 6.25. The van der Waals surface area contributed by atoms with Crippen LogP contribution in [0.1, 0.15) is 31.2 Å². The lowest BCUT2D eigenvalue weighted by atomic mass is 9.97. The van der Waals surface area contributed by atoms with E-state index < -0.39 is 0 Å². The summed E-state index contributed by atoms with van der Waals surface area (Å²) in [6, 6.07) is 9.04. The second-order valence-corrected chi connectivity index (χ2v) is 4.50. The maximum atomic E-state index is 5.36. The number of methoxy groups -OCH3 is 1. The fraction of sp³-hybridized carbons (Fsp3) is 0.571. The zero-order chi connectivity index (χ0) is 11.2. The van der Waals surface area contributed by atoms with Crippen molar-refractivity contribution in [3.63, 3.8) is 0 Å². The van der Waals surface area contributed by atoms with Crippen LogP contribution in [-0.4, -0.2) is 19.7 Å². The third-order valence-corrected chi connectivity index (χ3v) is 3.37. The topological polar surface area (TPSA) is 21.3 Å². The van der Waals surface area contributed by atoms with Gasteiger partial charge in [-0.15, -0.1) is 0 Å². The van der Waals surface area contributed by atoms with Crippen molar-refractivity contribution in [2.24, 2.45) is 0 Å². The molecule has 2 heteroatoms. The molecule has 0 aromatic heterocycles. The molecule has 16 heavy (non-hydrogen) atoms. The van der Waals surface area contributed by atoms with Gasteiger partial charge in [-0.2, -0.15) is 0 Å². The number of para-hydroxylation sites is 1. The minimum atomic E-state index is 0.707. The molecule has 0 saturated carbocycles. The predicted molar refractivity (Wildman–Crippen MR) is 67.0 cm³/mol. The summed E-state index contributed by atoms with van der Waals surface area (Å²) < 4.78 is 5.36. The van der Waals surface area contributed by atoms with E-state index in [-0.39, 0.29) is 0 Å². The highest BCUT2D eigenvalue weighted by Crippen LogP contribution is 2.21. The number of piperidine rings is 1. The summed E-state index contributed by atoms with van der Waals surface area (Å²) in [5.41, 5.74) is 1.33. The van der Waals surface area contributed by atoms with Crippen LogP contribution in [0.5, 0.6) is 5.75 Å². The second kappa shape index (κ2) is 5.90. The molecule has 88 valence electrons. The third kappa shape index (κ3) is 2.99. The van der Waals surface area contributed by atoms with Gasteiger partial charge in [-0.25, -0.2) is 0 Å². The SMILES string of the molecule is COc1ccccc1CC[C@@H]1CCCCN1. The number of nitrogens with one attached hydrogen (secondary N) is 1. The maximum absolute atomic E-state index is 5.36. The second-order valence-electron chi connectivity index (χ2n) is 4.50. The number of aryl methyl sites for hydroxylation is 1. The highest BCUT2D eigenvalue weighted by molar-refractivity contribution is 5.33. The molecular weight excluding hydrogens is 198 g/mol. The maximum Gasteiger partial charge on any atom is 0.122 e. The lowest BCUT2D eigenvalue weighted by Gasteiger charge is -2.23. The minimum Gasteiger partial charge on any atom is -0.496 e. The smallest absolute Gasteiger partial charge is 0.122 e. The monoisotopic (exact) mass is 219 g/mol. The number of rotatable bonds is 4. The summed E-state index contributed by atoms with van der Waals surface area (Å²) in [6.45, 7) is 1.19. The average molecular weight is 219 g/mol. The van der Waals surface area contributed by atoms with Gasteiger partial charge in [-0.1, -0.05) is 24.6 Å². The Morgan fingerprint density at radius 3 is 2.94 bits per heavy atom. The molecule has 0 radical (unpaired) electrons. The van der Waals surface area contributed by atoms with E-state index in [9.17, 15) is 0 Å². The Bertz CT molecular complexity index is 318. The molecule has 1 aliphatic rings. The van der Waals surface area contributed by atoms with Crippen molar-refractivity contribution >= 4 is 0 Å². The van der Waals surface area contributed by atoms with E-state index in [0.29, 0.717) is 6.04 Å². The summed E-state index contributed by atoms with van der Waals surface area (Å²) in [7, 11) is 1.75. The van der Waals surface area contributed by atoms with E-state index in [1.54, 1.807) is 7.11 Å². The van der Waals surface area contributed by atoms with Crippen molar-refractivity contribution in [1.82, 2.24) is 5.32 Å². The molecule has 0 aliphatic carbocycles. The fourth-order valence-corrected chi connectivity index (χ4v) is 2.41. The summed E-state index contributed by atoms with van der Waals surface area (Å²) >= 11 is 0. The van der Waals surface area contributed by atoms with Crippen molar-refractivity contribution in [2.75, 3.05) is 13.7 Å². The lowest BCUT2D eigenvalue weighted by Crippen LogP contribution is -2.34. The lowest BCUT2D eigenvalue weighted by molar-refractivity contribution is 0.376. The van der Waals surface area contributed by atoms with E-state index in [1.165, 1.54) is 37.8 Å². The Balaban J connectivity index is 1.88. The zero-order valence-electron chi connectivity index (χ0n) is 10.0. The largest absolute Gasteiger partial charge is 0.496 e. The molecule has 1 fully saturated rings. The van der Waals surface area contributed by atoms with E-state index in [2.05, 4.69) is 17.4 Å². The highest BCUT2D eigenvalue weighted by atomic mass is 16.5. The molecule has 1 aromatic carbocycles. The van der Waals surface area contributed by atoms with Crippen LogP contribution in [0, 0.1) is 0 Å². The Labute approximate surface area is 98.0 Å². The average Bonchev–Trinajstić information content (AvgIpc) is 2.38. The molecule has 0 unspecified atom stereocenters. The summed E-state index contributed by atoms with van der Waals surface area (Å²) in [5.74, 6) is 1.03. The van der Waals surface area contributed by atoms with Crippen LogP contribution in [-0.2, 0) is 6.42 Å². The van der Waals surface area contributed by atoms with Gasteiger partial charge in [0.2, 0.25) is 0 Å². The molecule has 1 N–H and O–H groups in total. The first kappa shape index (κ1) is 11.5. The first-order chi connectivity index (χ1) is 7.90. The van der Waals surface area contributed by atoms with Crippen LogP contribution in [0.4, 0.5) is 0 Å². The van der Waals surface area contributed by atoms with Crippen molar-refractivity contribution in [3.8, 4) is 5.75 Å². The quantitative estimate of drug-likeness (QED) is 0.840. The van der Waals surface area contributed by atoms with Crippen LogP contribution in [0.3, 0.4) is 0 Å². The van der Waals surface area contributed by atoms with Gasteiger partial charge in [0, 0.05) is 6.04 Å². The molecule has 1 aromatic rings. The molecule has 1 saturated heterocycles. The van der Waals surface area contributed by atoms with Crippen LogP contribution in [0.15, 0.2) is 24.3 Å². The van der Waals surface area contributed by atoms with E-state index in [0.717, 1.165) is 12.2 Å². The molecule has 1 aliphatic heterocycles. The van der Waals surface area contributed by atoms with Crippen molar-refractivity contribution in [1.29, 1.82) is 0 Å². The highest BCUT2D eigenvalue weighted by Gasteiger charge is 2.12.